The third-order valence-corrected chi connectivity index (χ3v) is 5.17. The molecule has 1 aliphatic rings. The van der Waals surface area contributed by atoms with E-state index in [1.165, 1.54) is 11.1 Å². The molecule has 0 radical (unpaired) electrons. The molecule has 0 unspecified atom stereocenters. The number of hydrogen-bond acceptors (Lipinski definition) is 4. The molecule has 0 N–H and O–H groups in total. The summed E-state index contributed by atoms with van der Waals surface area (Å²) in [6.07, 6.45) is -0.486. The van der Waals surface area contributed by atoms with Crippen LogP contribution in [0.2, 0.25) is 0 Å². The molecule has 1 aliphatic heterocycles. The van der Waals surface area contributed by atoms with Crippen molar-refractivity contribution in [1.82, 2.24) is 4.90 Å². The summed E-state index contributed by atoms with van der Waals surface area (Å²) in [6, 6.07) is 14.0. The van der Waals surface area contributed by atoms with Crippen LogP contribution in [-0.4, -0.2) is 50.2 Å². The molecule has 144 valence electrons. The molecule has 1 fully saturated rings. The molecule has 0 aromatic heterocycles. The highest BCUT2D eigenvalue weighted by Crippen LogP contribution is 2.22. The molecular weight excluding hydrogens is 340 g/mol. The Bertz CT molecular complexity index is 781. The SMILES string of the molecule is COc1ccc(N2CCN(C(=O)[C@H](C)Oc3ccc(C)c(C)c3)CC2)cc1. The molecule has 0 bridgehead atoms. The van der Waals surface area contributed by atoms with Crippen molar-refractivity contribution < 1.29 is 14.3 Å². The number of ether oxygens (including phenoxy) is 2. The lowest BCUT2D eigenvalue weighted by Crippen LogP contribution is -2.52. The van der Waals surface area contributed by atoms with Crippen molar-refractivity contribution >= 4 is 11.6 Å². The predicted molar refractivity (Wildman–Crippen MR) is 108 cm³/mol. The van der Waals surface area contributed by atoms with Gasteiger partial charge in [-0.15, -0.1) is 0 Å². The topological polar surface area (TPSA) is 42.0 Å². The van der Waals surface area contributed by atoms with Crippen LogP contribution in [0.1, 0.15) is 18.1 Å². The maximum Gasteiger partial charge on any atom is 0.263 e. The van der Waals surface area contributed by atoms with E-state index in [2.05, 4.69) is 24.0 Å². The standard InChI is InChI=1S/C22H28N2O3/c1-16-5-8-21(15-17(16)2)27-18(3)22(25)24-13-11-23(12-14-24)19-6-9-20(26-4)10-7-19/h5-10,15,18H,11-14H2,1-4H3/t18-/m0/s1. The van der Waals surface area contributed by atoms with E-state index in [4.69, 9.17) is 9.47 Å². The van der Waals surface area contributed by atoms with Crippen molar-refractivity contribution in [3.8, 4) is 11.5 Å². The minimum absolute atomic E-state index is 0.0441. The van der Waals surface area contributed by atoms with Gasteiger partial charge in [0, 0.05) is 31.9 Å². The largest absolute Gasteiger partial charge is 0.497 e. The zero-order chi connectivity index (χ0) is 19.4. The number of rotatable bonds is 5. The van der Waals surface area contributed by atoms with E-state index in [9.17, 15) is 4.79 Å². The Labute approximate surface area is 161 Å². The van der Waals surface area contributed by atoms with Crippen molar-refractivity contribution in [2.24, 2.45) is 0 Å². The highest BCUT2D eigenvalue weighted by atomic mass is 16.5. The average Bonchev–Trinajstić information content (AvgIpc) is 2.70. The molecule has 3 rings (SSSR count). The molecule has 27 heavy (non-hydrogen) atoms. The van der Waals surface area contributed by atoms with E-state index in [1.54, 1.807) is 7.11 Å². The van der Waals surface area contributed by atoms with E-state index in [-0.39, 0.29) is 5.91 Å². The number of carbonyl (C=O) groups is 1. The Hall–Kier alpha value is -2.69. The fraction of sp³-hybridized carbons (Fsp3) is 0.409. The molecule has 1 amide bonds. The summed E-state index contributed by atoms with van der Waals surface area (Å²) in [4.78, 5) is 16.9. The van der Waals surface area contributed by atoms with Crippen molar-refractivity contribution in [2.75, 3.05) is 38.2 Å². The van der Waals surface area contributed by atoms with Gasteiger partial charge in [0.2, 0.25) is 0 Å². The maximum absolute atomic E-state index is 12.7. The van der Waals surface area contributed by atoms with Crippen LogP contribution < -0.4 is 14.4 Å². The summed E-state index contributed by atoms with van der Waals surface area (Å²) in [7, 11) is 1.67. The number of nitrogens with zero attached hydrogens (tertiary/aromatic N) is 2. The number of anilines is 1. The summed E-state index contributed by atoms with van der Waals surface area (Å²) in [5, 5.41) is 0. The van der Waals surface area contributed by atoms with Gasteiger partial charge in [-0.2, -0.15) is 0 Å². The summed E-state index contributed by atoms with van der Waals surface area (Å²) in [5.74, 6) is 1.64. The van der Waals surface area contributed by atoms with E-state index in [0.717, 1.165) is 30.3 Å². The molecule has 1 heterocycles. The Balaban J connectivity index is 1.54. The number of amides is 1. The minimum Gasteiger partial charge on any atom is -0.497 e. The van der Waals surface area contributed by atoms with Crippen LogP contribution >= 0.6 is 0 Å². The van der Waals surface area contributed by atoms with Crippen molar-refractivity contribution in [1.29, 1.82) is 0 Å². The number of piperazine rings is 1. The van der Waals surface area contributed by atoms with Crippen LogP contribution in [0.25, 0.3) is 0 Å². The van der Waals surface area contributed by atoms with Crippen LogP contribution in [0.15, 0.2) is 42.5 Å². The highest BCUT2D eigenvalue weighted by molar-refractivity contribution is 5.81. The first-order chi connectivity index (χ1) is 13.0. The third-order valence-electron chi connectivity index (χ3n) is 5.17. The molecule has 2 aromatic carbocycles. The molecule has 0 saturated carbocycles. The number of methoxy groups -OCH3 is 1. The van der Waals surface area contributed by atoms with Gasteiger partial charge in [0.05, 0.1) is 7.11 Å². The molecule has 5 heteroatoms. The first-order valence-electron chi connectivity index (χ1n) is 9.39. The number of benzene rings is 2. The lowest BCUT2D eigenvalue weighted by atomic mass is 10.1. The molecule has 2 aromatic rings. The van der Waals surface area contributed by atoms with E-state index >= 15 is 0 Å². The van der Waals surface area contributed by atoms with Crippen molar-refractivity contribution in [3.63, 3.8) is 0 Å². The van der Waals surface area contributed by atoms with Gasteiger partial charge in [0.15, 0.2) is 6.10 Å². The molecule has 1 atom stereocenters. The fourth-order valence-corrected chi connectivity index (χ4v) is 3.28. The number of carbonyl (C=O) groups excluding carboxylic acids is 1. The monoisotopic (exact) mass is 368 g/mol. The van der Waals surface area contributed by atoms with Gasteiger partial charge in [-0.05, 0) is 68.3 Å². The summed E-state index contributed by atoms with van der Waals surface area (Å²) >= 11 is 0. The van der Waals surface area contributed by atoms with Gasteiger partial charge in [-0.1, -0.05) is 6.07 Å². The molecule has 0 spiro atoms. The van der Waals surface area contributed by atoms with Gasteiger partial charge in [0.25, 0.3) is 5.91 Å². The second-order valence-electron chi connectivity index (χ2n) is 7.02. The van der Waals surface area contributed by atoms with Crippen molar-refractivity contribution in [3.05, 3.63) is 53.6 Å². The fourth-order valence-electron chi connectivity index (χ4n) is 3.28. The molecule has 1 saturated heterocycles. The Morgan fingerprint density at radius 3 is 2.15 bits per heavy atom. The van der Waals surface area contributed by atoms with E-state index < -0.39 is 6.10 Å². The molecular formula is C22H28N2O3. The quantitative estimate of drug-likeness (QED) is 0.811. The van der Waals surface area contributed by atoms with Gasteiger partial charge >= 0.3 is 0 Å². The first-order valence-corrected chi connectivity index (χ1v) is 9.39. The summed E-state index contributed by atoms with van der Waals surface area (Å²) in [6.45, 7) is 8.97. The van der Waals surface area contributed by atoms with Gasteiger partial charge < -0.3 is 19.3 Å². The van der Waals surface area contributed by atoms with Gasteiger partial charge in [-0.25, -0.2) is 0 Å². The number of aryl methyl sites for hydroxylation is 2. The Morgan fingerprint density at radius 1 is 0.926 bits per heavy atom. The normalized spacial score (nSPS) is 15.4. The van der Waals surface area contributed by atoms with Crippen LogP contribution in [0.4, 0.5) is 5.69 Å². The molecule has 5 nitrogen and oxygen atoms in total. The summed E-state index contributed by atoms with van der Waals surface area (Å²) < 4.78 is 11.1. The average molecular weight is 368 g/mol. The highest BCUT2D eigenvalue weighted by Gasteiger charge is 2.26. The Kier molecular flexibility index (Phi) is 5.89. The second-order valence-corrected chi connectivity index (χ2v) is 7.02. The lowest BCUT2D eigenvalue weighted by Gasteiger charge is -2.37. The smallest absolute Gasteiger partial charge is 0.263 e. The second kappa shape index (κ2) is 8.33. The van der Waals surface area contributed by atoms with Crippen LogP contribution in [0, 0.1) is 13.8 Å². The minimum atomic E-state index is -0.486. The van der Waals surface area contributed by atoms with Crippen LogP contribution in [-0.2, 0) is 4.79 Å². The summed E-state index contributed by atoms with van der Waals surface area (Å²) in [5.41, 5.74) is 3.54. The van der Waals surface area contributed by atoms with E-state index in [0.29, 0.717) is 13.1 Å². The first kappa shape index (κ1) is 19.1. The predicted octanol–water partition coefficient (Wildman–Crippen LogP) is 3.43. The van der Waals surface area contributed by atoms with E-state index in [1.807, 2.05) is 49.1 Å². The van der Waals surface area contributed by atoms with Crippen LogP contribution in [0.5, 0.6) is 11.5 Å². The third kappa shape index (κ3) is 4.54. The van der Waals surface area contributed by atoms with Crippen LogP contribution in [0.3, 0.4) is 0 Å². The zero-order valence-corrected chi connectivity index (χ0v) is 16.6. The molecule has 0 aliphatic carbocycles. The Morgan fingerprint density at radius 2 is 1.56 bits per heavy atom. The van der Waals surface area contributed by atoms with Gasteiger partial charge in [-0.3, -0.25) is 4.79 Å². The number of hydrogen-bond donors (Lipinski definition) is 0. The zero-order valence-electron chi connectivity index (χ0n) is 16.6. The van der Waals surface area contributed by atoms with Crippen molar-refractivity contribution in [2.45, 2.75) is 26.9 Å². The maximum atomic E-state index is 12.7. The lowest BCUT2D eigenvalue weighted by molar-refractivity contribution is -0.138. The van der Waals surface area contributed by atoms with Gasteiger partial charge in [0.1, 0.15) is 11.5 Å².